The minimum atomic E-state index is 0. The van der Waals surface area contributed by atoms with Crippen molar-refractivity contribution in [3.63, 3.8) is 0 Å². The molecule has 58 valence electrons. The van der Waals surface area contributed by atoms with Gasteiger partial charge in [-0.15, -0.1) is 0 Å². The number of rotatable bonds is 0. The van der Waals surface area contributed by atoms with Gasteiger partial charge < -0.3 is 11.5 Å². The van der Waals surface area contributed by atoms with E-state index in [-0.39, 0.29) is 6.15 Å². The van der Waals surface area contributed by atoms with Gasteiger partial charge in [0.2, 0.25) is 0 Å². The Hall–Kier alpha value is -1.02. The van der Waals surface area contributed by atoms with Gasteiger partial charge in [0.15, 0.2) is 0 Å². The topological polar surface area (TPSA) is 47.0 Å². The second-order valence-corrected chi connectivity index (χ2v) is 3.11. The van der Waals surface area contributed by atoms with Gasteiger partial charge in [0, 0.05) is 18.2 Å². The highest BCUT2D eigenvalue weighted by Crippen LogP contribution is 2.42. The van der Waals surface area contributed by atoms with E-state index in [1.807, 2.05) is 0 Å². The van der Waals surface area contributed by atoms with E-state index in [1.165, 1.54) is 23.3 Å². The van der Waals surface area contributed by atoms with Gasteiger partial charge in [0.1, 0.15) is 0 Å². The summed E-state index contributed by atoms with van der Waals surface area (Å²) in [5, 5.41) is 3.39. The molecular formula is C9H12N2. The van der Waals surface area contributed by atoms with Crippen LogP contribution in [0.5, 0.6) is 0 Å². The summed E-state index contributed by atoms with van der Waals surface area (Å²) in [5.74, 6) is 0.774. The van der Waals surface area contributed by atoms with Crippen LogP contribution in [0.4, 0.5) is 0 Å². The van der Waals surface area contributed by atoms with Crippen molar-refractivity contribution >= 4 is 0 Å². The Morgan fingerprint density at radius 2 is 2.27 bits per heavy atom. The molecule has 0 fully saturated rings. The molecular weight excluding hydrogens is 136 g/mol. The van der Waals surface area contributed by atoms with Crippen LogP contribution in [-0.2, 0) is 0 Å². The predicted molar refractivity (Wildman–Crippen MR) is 45.4 cm³/mol. The lowest BCUT2D eigenvalue weighted by Gasteiger charge is -2.17. The number of nitrogens with one attached hydrogen (secondary N) is 1. The molecule has 0 saturated heterocycles. The zero-order chi connectivity index (χ0) is 6.55. The smallest absolute Gasteiger partial charge is 0.0381 e. The largest absolute Gasteiger partial charge is 0.385 e. The second kappa shape index (κ2) is 1.98. The van der Waals surface area contributed by atoms with Crippen LogP contribution in [0, 0.1) is 5.92 Å². The van der Waals surface area contributed by atoms with Crippen LogP contribution >= 0.6 is 0 Å². The first-order valence-electron chi connectivity index (χ1n) is 3.83. The Labute approximate surface area is 66.3 Å². The molecule has 0 aromatic carbocycles. The summed E-state index contributed by atoms with van der Waals surface area (Å²) in [6, 6.07) is 0. The lowest BCUT2D eigenvalue weighted by atomic mass is 9.97. The molecule has 0 aromatic rings. The van der Waals surface area contributed by atoms with E-state index >= 15 is 0 Å². The zero-order valence-corrected chi connectivity index (χ0v) is 6.43. The van der Waals surface area contributed by atoms with Crippen LogP contribution in [0.2, 0.25) is 0 Å². The van der Waals surface area contributed by atoms with Gasteiger partial charge >= 0.3 is 0 Å². The van der Waals surface area contributed by atoms with Crippen molar-refractivity contribution in [2.24, 2.45) is 5.92 Å². The normalized spacial score (nSPS) is 29.8. The first kappa shape index (κ1) is 6.68. The van der Waals surface area contributed by atoms with Crippen LogP contribution in [0.15, 0.2) is 35.1 Å². The molecule has 0 aromatic heterocycles. The maximum Gasteiger partial charge on any atom is 0.0381 e. The second-order valence-electron chi connectivity index (χ2n) is 3.11. The molecule has 1 aliphatic heterocycles. The van der Waals surface area contributed by atoms with Crippen LogP contribution < -0.4 is 11.5 Å². The van der Waals surface area contributed by atoms with Crippen molar-refractivity contribution in [1.82, 2.24) is 11.5 Å². The van der Waals surface area contributed by atoms with E-state index in [4.69, 9.17) is 0 Å². The summed E-state index contributed by atoms with van der Waals surface area (Å²) in [4.78, 5) is 0. The lowest BCUT2D eigenvalue weighted by Crippen LogP contribution is -2.21. The lowest BCUT2D eigenvalue weighted by molar-refractivity contribution is 0.614. The molecule has 0 radical (unpaired) electrons. The van der Waals surface area contributed by atoms with E-state index < -0.39 is 0 Å². The Bertz CT molecular complexity index is 284. The molecule has 2 heteroatoms. The molecule has 2 nitrogen and oxygen atoms in total. The summed E-state index contributed by atoms with van der Waals surface area (Å²) < 4.78 is 0. The minimum Gasteiger partial charge on any atom is -0.385 e. The fourth-order valence-corrected chi connectivity index (χ4v) is 2.10. The molecule has 4 bridgehead atoms. The minimum absolute atomic E-state index is 0. The molecule has 3 aliphatic rings. The quantitative estimate of drug-likeness (QED) is 0.547. The van der Waals surface area contributed by atoms with Crippen molar-refractivity contribution in [2.45, 2.75) is 6.42 Å². The average Bonchev–Trinajstić information content (AvgIpc) is 2.44. The van der Waals surface area contributed by atoms with Crippen LogP contribution in [0.25, 0.3) is 0 Å². The third-order valence-corrected chi connectivity index (χ3v) is 2.60. The van der Waals surface area contributed by atoms with Crippen molar-refractivity contribution < 1.29 is 0 Å². The fraction of sp³-hybridized carbons (Fsp3) is 0.333. The first-order chi connectivity index (χ1) is 4.95. The maximum atomic E-state index is 3.39. The Kier molecular flexibility index (Phi) is 1.20. The predicted octanol–water partition coefficient (Wildman–Crippen LogP) is 1.52. The zero-order valence-electron chi connectivity index (χ0n) is 6.43. The number of hydrogen-bond donors (Lipinski definition) is 2. The van der Waals surface area contributed by atoms with Gasteiger partial charge in [-0.25, -0.2) is 0 Å². The summed E-state index contributed by atoms with van der Waals surface area (Å²) >= 11 is 0. The molecule has 0 amide bonds. The first-order valence-corrected chi connectivity index (χ1v) is 3.83. The van der Waals surface area contributed by atoms with E-state index in [2.05, 4.69) is 23.5 Å². The molecule has 0 spiro atoms. The molecule has 11 heavy (non-hydrogen) atoms. The van der Waals surface area contributed by atoms with Crippen molar-refractivity contribution in [1.29, 1.82) is 0 Å². The van der Waals surface area contributed by atoms with E-state index in [1.54, 1.807) is 0 Å². The Morgan fingerprint density at radius 3 is 3.00 bits per heavy atom. The van der Waals surface area contributed by atoms with E-state index in [9.17, 15) is 0 Å². The van der Waals surface area contributed by atoms with Gasteiger partial charge in [0.05, 0.1) is 0 Å². The average molecular weight is 148 g/mol. The molecule has 4 N–H and O–H groups in total. The maximum absolute atomic E-state index is 3.39. The Morgan fingerprint density at radius 1 is 1.36 bits per heavy atom. The Balaban J connectivity index is 0.000000480. The molecule has 1 heterocycles. The summed E-state index contributed by atoms with van der Waals surface area (Å²) in [6.45, 7) is 1.16. The molecule has 1 atom stereocenters. The van der Waals surface area contributed by atoms with Gasteiger partial charge in [-0.1, -0.05) is 12.2 Å². The van der Waals surface area contributed by atoms with Crippen molar-refractivity contribution in [3.05, 3.63) is 35.1 Å². The number of allylic oxidation sites excluding steroid dienone is 5. The molecule has 2 aliphatic carbocycles. The van der Waals surface area contributed by atoms with Crippen LogP contribution in [0.1, 0.15) is 6.42 Å². The summed E-state index contributed by atoms with van der Waals surface area (Å²) in [6.07, 6.45) is 8.07. The monoisotopic (exact) mass is 148 g/mol. The molecule has 1 unspecified atom stereocenters. The van der Waals surface area contributed by atoms with Gasteiger partial charge in [-0.2, -0.15) is 0 Å². The summed E-state index contributed by atoms with van der Waals surface area (Å²) in [7, 11) is 0. The highest BCUT2D eigenvalue weighted by Gasteiger charge is 2.31. The van der Waals surface area contributed by atoms with Gasteiger partial charge in [-0.3, -0.25) is 0 Å². The van der Waals surface area contributed by atoms with Gasteiger partial charge in [0.25, 0.3) is 0 Å². The fourth-order valence-electron chi connectivity index (χ4n) is 2.10. The van der Waals surface area contributed by atoms with Crippen LogP contribution in [-0.4, -0.2) is 6.54 Å². The van der Waals surface area contributed by atoms with Crippen LogP contribution in [0.3, 0.4) is 0 Å². The molecule has 0 saturated carbocycles. The summed E-state index contributed by atoms with van der Waals surface area (Å²) in [5.41, 5.74) is 4.44. The number of hydrogen-bond acceptors (Lipinski definition) is 2. The van der Waals surface area contributed by atoms with Gasteiger partial charge in [-0.05, 0) is 23.6 Å². The third-order valence-electron chi connectivity index (χ3n) is 2.60. The standard InChI is InChI=1S/C9H9N.H3N/c1-2-8-7-3-4-10-9(8)5-6(1)7;/h1-2,5,7,10H,3-4H2;1H3. The highest BCUT2D eigenvalue weighted by atomic mass is 14.9. The third kappa shape index (κ3) is 0.648. The van der Waals surface area contributed by atoms with E-state index in [0.29, 0.717) is 0 Å². The highest BCUT2D eigenvalue weighted by molar-refractivity contribution is 5.58. The van der Waals surface area contributed by atoms with Crippen molar-refractivity contribution in [3.8, 4) is 0 Å². The SMILES string of the molecule is C1=CC2=C3C=C1C2CCN3.N. The van der Waals surface area contributed by atoms with E-state index in [0.717, 1.165) is 12.5 Å². The molecule has 3 rings (SSSR count). The van der Waals surface area contributed by atoms with Crippen molar-refractivity contribution in [2.75, 3.05) is 6.54 Å².